The summed E-state index contributed by atoms with van der Waals surface area (Å²) in [5, 5.41) is 2.27. The number of carbonyl (C=O) groups is 4. The molecule has 0 spiro atoms. The second-order valence-electron chi connectivity index (χ2n) is 25.9. The number of hydrogen-bond acceptors (Lipinski definition) is 8. The molecule has 2 aliphatic rings. The third-order valence-electron chi connectivity index (χ3n) is 18.9. The van der Waals surface area contributed by atoms with Gasteiger partial charge in [0.1, 0.15) is 0 Å². The molecular weight excluding hydrogens is 1130 g/mol. The van der Waals surface area contributed by atoms with Crippen LogP contribution in [-0.2, 0) is 18.9 Å². The Labute approximate surface area is 529 Å². The first-order valence-corrected chi connectivity index (χ1v) is 35.7. The lowest BCUT2D eigenvalue weighted by atomic mass is 9.21. The van der Waals surface area contributed by atoms with Crippen LogP contribution in [0.1, 0.15) is 150 Å². The molecule has 0 radical (unpaired) electrons. The Morgan fingerprint density at radius 2 is 0.557 bits per heavy atom. The maximum Gasteiger partial charge on any atom is 0.458 e. The zero-order chi connectivity index (χ0) is 65.4. The number of benzene rings is 6. The molecule has 0 saturated heterocycles. The maximum atomic E-state index is 14.9. The zero-order valence-corrected chi connectivity index (χ0v) is 59.3. The average molecular weight is 1230 g/mol. The summed E-state index contributed by atoms with van der Waals surface area (Å²) in [6.45, 7) is 50.8. The predicted octanol–water partition coefficient (Wildman–Crippen LogP) is 13.4. The van der Waals surface area contributed by atoms with Gasteiger partial charge in [-0.2, -0.15) is 21.9 Å². The average Bonchev–Trinajstić information content (AvgIpc) is 0.681. The van der Waals surface area contributed by atoms with Crippen molar-refractivity contribution in [1.29, 1.82) is 0 Å². The van der Waals surface area contributed by atoms with Crippen LogP contribution in [0.25, 0.3) is 0 Å². The molecule has 0 atom stereocenters. The number of hydrogen-bond donors (Lipinski definition) is 0. The van der Waals surface area contributed by atoms with Crippen molar-refractivity contribution in [3.63, 3.8) is 0 Å². The van der Waals surface area contributed by atoms with Crippen LogP contribution in [0.2, 0.25) is 0 Å². The largest absolute Gasteiger partial charge is 0.458 e. The van der Waals surface area contributed by atoms with Crippen LogP contribution >= 0.6 is 14.8 Å². The summed E-state index contributed by atoms with van der Waals surface area (Å²) in [5.74, 6) is 0. The smallest absolute Gasteiger partial charge is 0.451 e. The van der Waals surface area contributed by atoms with E-state index in [-0.39, 0.29) is 49.1 Å². The van der Waals surface area contributed by atoms with E-state index >= 15 is 0 Å². The highest BCUT2D eigenvalue weighted by Gasteiger charge is 2.69. The van der Waals surface area contributed by atoms with Gasteiger partial charge >= 0.3 is 24.4 Å². The first-order valence-electron chi connectivity index (χ1n) is 31.9. The normalized spacial score (nSPS) is 15.4. The highest BCUT2D eigenvalue weighted by Crippen LogP contribution is 2.72. The molecule has 0 N–H and O–H groups in total. The van der Waals surface area contributed by atoms with Crippen LogP contribution in [0.5, 0.6) is 0 Å². The molecule has 12 nitrogen and oxygen atoms in total. The lowest BCUT2D eigenvalue weighted by Crippen LogP contribution is -2.88. The SMILES string of the molecule is CCOC(=O)N1N(C(=O)OCC)[P+](C(C)C)(C(C)C)c2ccccc2[B-]1(c1c(C)cc(C)cc1C)c1c(C)cc(C)cc1C.CCOC(=O)N1N(C(=O)OCC)[P+](C(C)C)(C(C)C)c2ccccc2[B-]1(c1c(C)cc(C)cc1C)c1c(C)cc(C)cc1C. The lowest BCUT2D eigenvalue weighted by Gasteiger charge is -2.63. The number of hydrazine groups is 2. The summed E-state index contributed by atoms with van der Waals surface area (Å²) in [6, 6.07) is 34.6. The zero-order valence-electron chi connectivity index (χ0n) is 57.5. The molecule has 16 heteroatoms. The molecule has 2 heterocycles. The molecular formula is C72H100B2N4O8P2. The second kappa shape index (κ2) is 26.8. The van der Waals surface area contributed by atoms with Crippen molar-refractivity contribution in [3.8, 4) is 0 Å². The molecule has 0 aliphatic carbocycles. The molecule has 472 valence electrons. The standard InChI is InChI=1S/2C36H50BN2O4P/c2*1-13-42-35(40)38-37(33-27(9)19-25(7)20-28(33)10,34-29(11)21-26(8)22-30(34)12)31-17-15-16-18-32(31)44(23(3)4,24(5)6)39(38)36(41)43-14-2/h2*15-24H,13-14H2,1-12H3. The fraction of sp³-hybridized carbons (Fsp3) is 0.444. The molecule has 6 aromatic rings. The van der Waals surface area contributed by atoms with E-state index in [9.17, 15) is 19.2 Å². The summed E-state index contributed by atoms with van der Waals surface area (Å²) >= 11 is 0. The number of rotatable bonds is 12. The van der Waals surface area contributed by atoms with E-state index in [2.05, 4.69) is 236 Å². The Bertz CT molecular complexity index is 3180. The minimum Gasteiger partial charge on any atom is -0.451 e. The summed E-state index contributed by atoms with van der Waals surface area (Å²) in [5.41, 5.74) is 19.5. The topological polar surface area (TPSA) is 118 Å². The molecule has 0 unspecified atom stereocenters. The van der Waals surface area contributed by atoms with E-state index in [1.54, 1.807) is 19.4 Å². The van der Waals surface area contributed by atoms with Gasteiger partial charge in [0.2, 0.25) is 12.6 Å². The van der Waals surface area contributed by atoms with Crippen molar-refractivity contribution in [2.75, 3.05) is 26.4 Å². The first kappa shape index (κ1) is 68.9. The molecule has 0 aromatic heterocycles. The molecule has 0 fully saturated rings. The number of nitrogens with zero attached hydrogens (tertiary/aromatic N) is 4. The van der Waals surface area contributed by atoms with Crippen molar-refractivity contribution in [3.05, 3.63) is 164 Å². The van der Waals surface area contributed by atoms with Crippen LogP contribution in [0.15, 0.2) is 97.1 Å². The van der Waals surface area contributed by atoms with Gasteiger partial charge in [0.05, 0.1) is 59.7 Å². The molecule has 0 saturated carbocycles. The summed E-state index contributed by atoms with van der Waals surface area (Å²) < 4.78 is 27.3. The minimum atomic E-state index is -2.65. The van der Waals surface area contributed by atoms with Gasteiger partial charge in [-0.25, -0.2) is 19.2 Å². The molecule has 88 heavy (non-hydrogen) atoms. The highest BCUT2D eigenvalue weighted by atomic mass is 31.2. The molecule has 4 amide bonds. The summed E-state index contributed by atoms with van der Waals surface area (Å²) in [4.78, 5) is 62.5. The van der Waals surface area contributed by atoms with Gasteiger partial charge in [-0.3, -0.25) is 0 Å². The molecule has 6 aromatic carbocycles. The lowest BCUT2D eigenvalue weighted by molar-refractivity contribution is 0.0611. The van der Waals surface area contributed by atoms with Crippen LogP contribution in [0.3, 0.4) is 0 Å². The maximum absolute atomic E-state index is 14.9. The monoisotopic (exact) mass is 1230 g/mol. The van der Waals surface area contributed by atoms with E-state index in [4.69, 9.17) is 18.9 Å². The van der Waals surface area contributed by atoms with E-state index in [1.807, 2.05) is 27.7 Å². The highest BCUT2D eigenvalue weighted by molar-refractivity contribution is 7.84. The predicted molar refractivity (Wildman–Crippen MR) is 374 cm³/mol. The number of aryl methyl sites for hydroxylation is 12. The number of amides is 4. The Balaban J connectivity index is 0.000000251. The summed E-state index contributed by atoms with van der Waals surface area (Å²) in [6.07, 6.45) is -6.73. The van der Waals surface area contributed by atoms with Gasteiger partial charge in [-0.05, 0) is 178 Å². The fourth-order valence-electron chi connectivity index (χ4n) is 17.1. The van der Waals surface area contributed by atoms with Crippen LogP contribution in [0.4, 0.5) is 19.2 Å². The van der Waals surface area contributed by atoms with E-state index in [0.29, 0.717) is 0 Å². The third-order valence-corrected chi connectivity index (χ3v) is 29.5. The number of fused-ring (bicyclic) bond motifs is 2. The second-order valence-corrected chi connectivity index (χ2v) is 34.7. The Hall–Kier alpha value is -6.61. The Morgan fingerprint density at radius 1 is 0.352 bits per heavy atom. The van der Waals surface area contributed by atoms with E-state index in [1.165, 1.54) is 0 Å². The fourth-order valence-corrected chi connectivity index (χ4v) is 27.6. The van der Waals surface area contributed by atoms with Gasteiger partial charge in [0.15, 0.2) is 14.8 Å². The van der Waals surface area contributed by atoms with Gasteiger partial charge in [-0.15, -0.1) is 20.5 Å². The van der Waals surface area contributed by atoms with Gasteiger partial charge in [0.25, 0.3) is 0 Å². The third kappa shape index (κ3) is 10.9. The van der Waals surface area contributed by atoms with Crippen molar-refractivity contribution < 1.29 is 38.1 Å². The quantitative estimate of drug-likeness (QED) is 0.0675. The van der Waals surface area contributed by atoms with E-state index in [0.717, 1.165) is 110 Å². The van der Waals surface area contributed by atoms with Crippen molar-refractivity contribution in [2.24, 2.45) is 0 Å². The van der Waals surface area contributed by atoms with Crippen LogP contribution in [-0.4, -0.2) is 105 Å². The Kier molecular flexibility index (Phi) is 21.0. The number of carbonyl (C=O) groups excluding carboxylic acids is 4. The van der Waals surface area contributed by atoms with Gasteiger partial charge in [-0.1, -0.05) is 152 Å². The van der Waals surface area contributed by atoms with Gasteiger partial charge < -0.3 is 28.8 Å². The van der Waals surface area contributed by atoms with Crippen LogP contribution in [0, 0.1) is 83.1 Å². The van der Waals surface area contributed by atoms with E-state index < -0.39 is 51.8 Å². The van der Waals surface area contributed by atoms with Crippen molar-refractivity contribution in [1.82, 2.24) is 19.4 Å². The van der Waals surface area contributed by atoms with Crippen LogP contribution < -0.4 is 43.4 Å². The number of ether oxygens (including phenoxy) is 4. The molecule has 0 bridgehead atoms. The summed E-state index contributed by atoms with van der Waals surface area (Å²) in [7, 11) is -5.31. The Morgan fingerprint density at radius 3 is 0.761 bits per heavy atom. The van der Waals surface area contributed by atoms with Gasteiger partial charge in [0, 0.05) is 0 Å². The molecule has 8 rings (SSSR count). The van der Waals surface area contributed by atoms with Crippen molar-refractivity contribution in [2.45, 2.75) is 189 Å². The van der Waals surface area contributed by atoms with Crippen molar-refractivity contribution >= 4 is 95.1 Å². The first-order chi connectivity index (χ1) is 41.4. The minimum absolute atomic E-state index is 0.0270. The molecule has 2 aliphatic heterocycles.